The molecule has 2 heterocycles. The number of nitrogen functional groups attached to an aromatic ring is 1. The topological polar surface area (TPSA) is 131 Å². The van der Waals surface area contributed by atoms with Gasteiger partial charge in [0.15, 0.2) is 10.8 Å². The van der Waals surface area contributed by atoms with Crippen LogP contribution in [-0.2, 0) is 10.0 Å². The van der Waals surface area contributed by atoms with E-state index < -0.39 is 15.6 Å². The molecule has 0 saturated heterocycles. The highest BCUT2D eigenvalue weighted by atomic mass is 32.2. The third-order valence-electron chi connectivity index (χ3n) is 1.97. The molecule has 94 valence electrons. The van der Waals surface area contributed by atoms with E-state index in [1.807, 2.05) is 0 Å². The van der Waals surface area contributed by atoms with Gasteiger partial charge >= 0.3 is 0 Å². The van der Waals surface area contributed by atoms with Gasteiger partial charge in [0.25, 0.3) is 15.6 Å². The molecular formula is C9H9N5O3S. The molecule has 0 aromatic carbocycles. The molecule has 0 aliphatic heterocycles. The van der Waals surface area contributed by atoms with Gasteiger partial charge < -0.3 is 5.73 Å². The number of nitrogens with zero attached hydrogens (tertiary/aromatic N) is 2. The van der Waals surface area contributed by atoms with Crippen LogP contribution in [0.15, 0.2) is 40.3 Å². The minimum absolute atomic E-state index is 0.0226. The first-order valence-electron chi connectivity index (χ1n) is 4.78. The van der Waals surface area contributed by atoms with E-state index in [2.05, 4.69) is 19.9 Å². The lowest BCUT2D eigenvalue weighted by Gasteiger charge is -2.07. The second-order valence-corrected chi connectivity index (χ2v) is 4.91. The van der Waals surface area contributed by atoms with Crippen LogP contribution in [0.4, 0.5) is 11.5 Å². The van der Waals surface area contributed by atoms with E-state index in [9.17, 15) is 13.2 Å². The third-order valence-corrected chi connectivity index (χ3v) is 3.30. The Morgan fingerprint density at radius 3 is 2.67 bits per heavy atom. The molecule has 2 rings (SSSR count). The number of rotatable bonds is 3. The third kappa shape index (κ3) is 2.46. The maximum atomic E-state index is 11.9. The molecule has 9 heteroatoms. The molecule has 0 saturated carbocycles. The van der Waals surface area contributed by atoms with Gasteiger partial charge in [0.1, 0.15) is 0 Å². The molecule has 18 heavy (non-hydrogen) atoms. The maximum Gasteiger partial charge on any atom is 0.282 e. The van der Waals surface area contributed by atoms with Gasteiger partial charge in [0, 0.05) is 12.3 Å². The van der Waals surface area contributed by atoms with Crippen molar-refractivity contribution in [1.29, 1.82) is 0 Å². The first kappa shape index (κ1) is 12.0. The Morgan fingerprint density at radius 2 is 2.06 bits per heavy atom. The van der Waals surface area contributed by atoms with Gasteiger partial charge in [-0.3, -0.25) is 9.52 Å². The van der Waals surface area contributed by atoms with E-state index in [1.54, 1.807) is 0 Å². The number of nitrogens with one attached hydrogen (secondary N) is 2. The summed E-state index contributed by atoms with van der Waals surface area (Å²) in [7, 11) is -3.93. The van der Waals surface area contributed by atoms with Gasteiger partial charge in [-0.05, 0) is 18.2 Å². The number of aromatic amines is 1. The number of sulfonamides is 1. The molecule has 8 nitrogen and oxygen atoms in total. The average molecular weight is 267 g/mol. The molecule has 0 amide bonds. The van der Waals surface area contributed by atoms with Crippen LogP contribution in [0.25, 0.3) is 0 Å². The number of hydrogen-bond acceptors (Lipinski definition) is 6. The lowest BCUT2D eigenvalue weighted by atomic mass is 10.4. The molecule has 2 aromatic rings. The summed E-state index contributed by atoms with van der Waals surface area (Å²) in [5.41, 5.74) is 5.11. The predicted molar refractivity (Wildman–Crippen MR) is 64.3 cm³/mol. The molecule has 0 aliphatic rings. The van der Waals surface area contributed by atoms with Gasteiger partial charge in [-0.1, -0.05) is 0 Å². The van der Waals surface area contributed by atoms with E-state index in [0.717, 1.165) is 6.07 Å². The Hall–Kier alpha value is -2.42. The van der Waals surface area contributed by atoms with Crippen molar-refractivity contribution in [2.24, 2.45) is 0 Å². The van der Waals surface area contributed by atoms with Crippen LogP contribution in [0.3, 0.4) is 0 Å². The Morgan fingerprint density at radius 1 is 1.28 bits per heavy atom. The van der Waals surface area contributed by atoms with Crippen LogP contribution < -0.4 is 16.0 Å². The summed E-state index contributed by atoms with van der Waals surface area (Å²) in [6.45, 7) is 0. The zero-order valence-electron chi connectivity index (χ0n) is 8.99. The zero-order chi connectivity index (χ0) is 13.2. The summed E-state index contributed by atoms with van der Waals surface area (Å²) < 4.78 is 26.0. The monoisotopic (exact) mass is 267 g/mol. The minimum atomic E-state index is -3.93. The largest absolute Gasteiger partial charge is 0.396 e. The Kier molecular flexibility index (Phi) is 2.98. The van der Waals surface area contributed by atoms with Crippen molar-refractivity contribution in [2.75, 3.05) is 10.5 Å². The molecule has 2 aromatic heterocycles. The summed E-state index contributed by atoms with van der Waals surface area (Å²) in [5.74, 6) is -0.0281. The first-order valence-corrected chi connectivity index (χ1v) is 6.26. The van der Waals surface area contributed by atoms with E-state index in [-0.39, 0.29) is 16.5 Å². The number of H-pyrrole nitrogens is 1. The van der Waals surface area contributed by atoms with Crippen molar-refractivity contribution in [2.45, 2.75) is 5.03 Å². The summed E-state index contributed by atoms with van der Waals surface area (Å²) in [5, 5.41) is 5.33. The van der Waals surface area contributed by atoms with Crippen molar-refractivity contribution in [3.63, 3.8) is 0 Å². The van der Waals surface area contributed by atoms with Crippen molar-refractivity contribution in [3.8, 4) is 0 Å². The van der Waals surface area contributed by atoms with E-state index >= 15 is 0 Å². The molecule has 0 unspecified atom stereocenters. The molecule has 0 fully saturated rings. The summed E-state index contributed by atoms with van der Waals surface area (Å²) in [6, 6.07) is 5.32. The van der Waals surface area contributed by atoms with Crippen LogP contribution in [0, 0.1) is 0 Å². The molecular weight excluding hydrogens is 258 g/mol. The summed E-state index contributed by atoms with van der Waals surface area (Å²) in [6.07, 6.45) is 1.31. The number of aromatic nitrogens is 3. The smallest absolute Gasteiger partial charge is 0.282 e. The standard InChI is InChI=1S/C9H9N5O3S/c10-6-2-1-5-11-9(6)18(16,17)14-7-3-4-8(15)13-12-7/h1-5H,10H2,(H,12,14)(H,13,15). The Bertz CT molecular complexity index is 704. The quantitative estimate of drug-likeness (QED) is 0.690. The SMILES string of the molecule is Nc1cccnc1S(=O)(=O)Nc1ccc(=O)[nH]n1. The van der Waals surface area contributed by atoms with Crippen molar-refractivity contribution < 1.29 is 8.42 Å². The average Bonchev–Trinajstić information content (AvgIpc) is 2.32. The van der Waals surface area contributed by atoms with E-state index in [0.29, 0.717) is 0 Å². The zero-order valence-corrected chi connectivity index (χ0v) is 9.81. The number of pyridine rings is 1. The van der Waals surface area contributed by atoms with E-state index in [4.69, 9.17) is 5.73 Å². The highest BCUT2D eigenvalue weighted by Crippen LogP contribution is 2.16. The Labute approximate surface area is 102 Å². The highest BCUT2D eigenvalue weighted by Gasteiger charge is 2.19. The van der Waals surface area contributed by atoms with Gasteiger partial charge in [-0.25, -0.2) is 10.1 Å². The second-order valence-electron chi connectivity index (χ2n) is 3.31. The summed E-state index contributed by atoms with van der Waals surface area (Å²) >= 11 is 0. The lowest BCUT2D eigenvalue weighted by molar-refractivity contribution is 0.598. The number of hydrogen-bond donors (Lipinski definition) is 3. The van der Waals surface area contributed by atoms with Crippen LogP contribution in [-0.4, -0.2) is 23.6 Å². The second kappa shape index (κ2) is 4.45. The fourth-order valence-electron chi connectivity index (χ4n) is 1.22. The maximum absolute atomic E-state index is 11.9. The first-order chi connectivity index (χ1) is 8.49. The summed E-state index contributed by atoms with van der Waals surface area (Å²) in [4.78, 5) is 14.5. The van der Waals surface area contributed by atoms with Crippen molar-refractivity contribution in [3.05, 3.63) is 40.8 Å². The van der Waals surface area contributed by atoms with Crippen LogP contribution >= 0.6 is 0 Å². The van der Waals surface area contributed by atoms with Gasteiger partial charge in [0.2, 0.25) is 0 Å². The molecule has 0 aliphatic carbocycles. The molecule has 0 radical (unpaired) electrons. The molecule has 0 spiro atoms. The minimum Gasteiger partial charge on any atom is -0.396 e. The van der Waals surface area contributed by atoms with Crippen molar-refractivity contribution >= 4 is 21.5 Å². The van der Waals surface area contributed by atoms with Gasteiger partial charge in [0.05, 0.1) is 5.69 Å². The van der Waals surface area contributed by atoms with Crippen molar-refractivity contribution in [1.82, 2.24) is 15.2 Å². The molecule has 0 atom stereocenters. The van der Waals surface area contributed by atoms with Crippen LogP contribution in [0.1, 0.15) is 0 Å². The molecule has 4 N–H and O–H groups in total. The fraction of sp³-hybridized carbons (Fsp3) is 0. The number of nitrogens with two attached hydrogens (primary N) is 1. The van der Waals surface area contributed by atoms with E-state index in [1.165, 1.54) is 24.4 Å². The predicted octanol–water partition coefficient (Wildman–Crippen LogP) is -0.452. The fourth-order valence-corrected chi connectivity index (χ4v) is 2.28. The van der Waals surface area contributed by atoms with Gasteiger partial charge in [-0.2, -0.15) is 13.5 Å². The highest BCUT2D eigenvalue weighted by molar-refractivity contribution is 7.92. The normalized spacial score (nSPS) is 11.1. The lowest BCUT2D eigenvalue weighted by Crippen LogP contribution is -2.18. The number of anilines is 2. The Balaban J connectivity index is 2.36. The van der Waals surface area contributed by atoms with Crippen LogP contribution in [0.5, 0.6) is 0 Å². The molecule has 0 bridgehead atoms. The van der Waals surface area contributed by atoms with Crippen LogP contribution in [0.2, 0.25) is 0 Å². The van der Waals surface area contributed by atoms with Gasteiger partial charge in [-0.15, -0.1) is 0 Å².